The van der Waals surface area contributed by atoms with E-state index in [1.54, 1.807) is 35.9 Å². The van der Waals surface area contributed by atoms with E-state index in [1.807, 2.05) is 6.07 Å². The fraction of sp³-hybridized carbons (Fsp3) is 0.167. The molecule has 0 aliphatic rings. The molecule has 96 valence electrons. The van der Waals surface area contributed by atoms with E-state index < -0.39 is 10.0 Å². The van der Waals surface area contributed by atoms with Gasteiger partial charge in [0.15, 0.2) is 0 Å². The smallest absolute Gasteiger partial charge is 0.263 e. The van der Waals surface area contributed by atoms with Crippen LogP contribution in [0.3, 0.4) is 0 Å². The van der Waals surface area contributed by atoms with Crippen LogP contribution in [0.4, 0.5) is 5.69 Å². The number of aliphatic hydroxyl groups is 1. The Balaban J connectivity index is 2.31. The predicted molar refractivity (Wildman–Crippen MR) is 68.6 cm³/mol. The lowest BCUT2D eigenvalue weighted by atomic mass is 10.3. The van der Waals surface area contributed by atoms with Gasteiger partial charge < -0.3 is 9.67 Å². The molecule has 5 nitrogen and oxygen atoms in total. The van der Waals surface area contributed by atoms with Crippen LogP contribution < -0.4 is 4.72 Å². The Morgan fingerprint density at radius 3 is 2.50 bits per heavy atom. The minimum absolute atomic E-state index is 0.137. The summed E-state index contributed by atoms with van der Waals surface area (Å²) in [5.74, 6) is 0. The molecule has 6 heteroatoms. The number of benzene rings is 1. The lowest BCUT2D eigenvalue weighted by Crippen LogP contribution is -2.12. The van der Waals surface area contributed by atoms with Gasteiger partial charge in [0.2, 0.25) is 0 Å². The summed E-state index contributed by atoms with van der Waals surface area (Å²) in [5, 5.41) is 9.05. The second kappa shape index (κ2) is 4.83. The number of nitrogens with one attached hydrogen (secondary N) is 1. The summed E-state index contributed by atoms with van der Waals surface area (Å²) in [4.78, 5) is 0.137. The summed E-state index contributed by atoms with van der Waals surface area (Å²) in [6.45, 7) is -0.197. The molecule has 0 bridgehead atoms. The summed E-state index contributed by atoms with van der Waals surface area (Å²) in [6, 6.07) is 10.1. The molecule has 0 aliphatic carbocycles. The third kappa shape index (κ3) is 2.55. The molecule has 0 saturated carbocycles. The molecule has 0 saturated heterocycles. The largest absolute Gasteiger partial charge is 0.390 e. The second-order valence-corrected chi connectivity index (χ2v) is 5.59. The molecule has 0 amide bonds. The van der Waals surface area contributed by atoms with Gasteiger partial charge in [0.05, 0.1) is 6.61 Å². The molecule has 0 radical (unpaired) electrons. The van der Waals surface area contributed by atoms with Gasteiger partial charge in [0.25, 0.3) is 10.0 Å². The van der Waals surface area contributed by atoms with Gasteiger partial charge >= 0.3 is 0 Å². The molecule has 2 rings (SSSR count). The molecule has 1 aromatic carbocycles. The van der Waals surface area contributed by atoms with Crippen molar-refractivity contribution in [3.8, 4) is 0 Å². The van der Waals surface area contributed by atoms with Gasteiger partial charge in [-0.05, 0) is 18.2 Å². The van der Waals surface area contributed by atoms with E-state index in [9.17, 15) is 8.42 Å². The molecule has 2 N–H and O–H groups in total. The fourth-order valence-electron chi connectivity index (χ4n) is 1.60. The van der Waals surface area contributed by atoms with E-state index in [2.05, 4.69) is 4.72 Å². The zero-order valence-electron chi connectivity index (χ0n) is 9.87. The highest BCUT2D eigenvalue weighted by Gasteiger charge is 2.17. The fourth-order valence-corrected chi connectivity index (χ4v) is 2.75. The van der Waals surface area contributed by atoms with Gasteiger partial charge in [-0.25, -0.2) is 8.42 Å². The van der Waals surface area contributed by atoms with Crippen LogP contribution in [0.1, 0.15) is 5.69 Å². The van der Waals surface area contributed by atoms with Gasteiger partial charge in [-0.15, -0.1) is 0 Å². The van der Waals surface area contributed by atoms with Crippen LogP contribution in [0, 0.1) is 0 Å². The highest BCUT2D eigenvalue weighted by atomic mass is 32.2. The van der Waals surface area contributed by atoms with Crippen LogP contribution in [0.25, 0.3) is 0 Å². The molecule has 2 aromatic rings. The summed E-state index contributed by atoms with van der Waals surface area (Å²) in [6.07, 6.45) is 1.47. The Morgan fingerprint density at radius 2 is 1.94 bits per heavy atom. The molecule has 0 fully saturated rings. The van der Waals surface area contributed by atoms with Gasteiger partial charge in [-0.1, -0.05) is 18.2 Å². The van der Waals surface area contributed by atoms with E-state index >= 15 is 0 Å². The number of aliphatic hydroxyl groups excluding tert-OH is 1. The van der Waals surface area contributed by atoms with Gasteiger partial charge in [0, 0.05) is 24.6 Å². The molecular weight excluding hydrogens is 252 g/mol. The van der Waals surface area contributed by atoms with Crippen molar-refractivity contribution in [2.75, 3.05) is 4.72 Å². The standard InChI is InChI=1S/C12H14N2O3S/c1-14-8-12(7-11(14)9-15)18(16,17)13-10-5-3-2-4-6-10/h2-8,13,15H,9H2,1H3. The maximum atomic E-state index is 12.1. The molecule has 0 atom stereocenters. The first-order chi connectivity index (χ1) is 8.53. The average Bonchev–Trinajstić information content (AvgIpc) is 2.72. The number of sulfonamides is 1. The first-order valence-electron chi connectivity index (χ1n) is 5.37. The molecular formula is C12H14N2O3S. The van der Waals surface area contributed by atoms with E-state index in [0.29, 0.717) is 11.4 Å². The Bertz CT molecular complexity index is 633. The van der Waals surface area contributed by atoms with Crippen molar-refractivity contribution in [1.29, 1.82) is 0 Å². The first kappa shape index (κ1) is 12.7. The molecule has 0 spiro atoms. The highest BCUT2D eigenvalue weighted by Crippen LogP contribution is 2.17. The summed E-state index contributed by atoms with van der Waals surface area (Å²) in [7, 11) is -1.92. The SMILES string of the molecule is Cn1cc(S(=O)(=O)Nc2ccccc2)cc1CO. The van der Waals surface area contributed by atoms with Crippen LogP contribution in [-0.4, -0.2) is 18.1 Å². The summed E-state index contributed by atoms with van der Waals surface area (Å²) >= 11 is 0. The van der Waals surface area contributed by atoms with Crippen LogP contribution >= 0.6 is 0 Å². The number of anilines is 1. The number of para-hydroxylation sites is 1. The summed E-state index contributed by atoms with van der Waals surface area (Å²) < 4.78 is 28.2. The zero-order chi connectivity index (χ0) is 13.2. The number of nitrogens with zero attached hydrogens (tertiary/aromatic N) is 1. The van der Waals surface area contributed by atoms with Crippen molar-refractivity contribution in [1.82, 2.24) is 4.57 Å². The minimum atomic E-state index is -3.61. The normalized spacial score (nSPS) is 11.4. The molecule has 0 unspecified atom stereocenters. The number of aryl methyl sites for hydroxylation is 1. The van der Waals surface area contributed by atoms with Gasteiger partial charge in [-0.2, -0.15) is 0 Å². The lowest BCUT2D eigenvalue weighted by molar-refractivity contribution is 0.272. The van der Waals surface area contributed by atoms with E-state index in [1.165, 1.54) is 12.3 Å². The number of rotatable bonds is 4. The van der Waals surface area contributed by atoms with Crippen molar-refractivity contribution in [2.45, 2.75) is 11.5 Å². The lowest BCUT2D eigenvalue weighted by Gasteiger charge is -2.05. The van der Waals surface area contributed by atoms with Gasteiger partial charge in [0.1, 0.15) is 4.90 Å². The third-order valence-electron chi connectivity index (χ3n) is 2.58. The van der Waals surface area contributed by atoms with Crippen LogP contribution in [0.15, 0.2) is 47.5 Å². The molecule has 1 aromatic heterocycles. The van der Waals surface area contributed by atoms with E-state index in [4.69, 9.17) is 5.11 Å². The maximum absolute atomic E-state index is 12.1. The van der Waals surface area contributed by atoms with Crippen molar-refractivity contribution >= 4 is 15.7 Å². The zero-order valence-corrected chi connectivity index (χ0v) is 10.7. The van der Waals surface area contributed by atoms with Crippen molar-refractivity contribution in [3.05, 3.63) is 48.3 Å². The second-order valence-electron chi connectivity index (χ2n) is 3.91. The topological polar surface area (TPSA) is 71.3 Å². The average molecular weight is 266 g/mol. The van der Waals surface area contributed by atoms with Crippen molar-refractivity contribution in [2.24, 2.45) is 7.05 Å². The number of aromatic nitrogens is 1. The van der Waals surface area contributed by atoms with Crippen molar-refractivity contribution in [3.63, 3.8) is 0 Å². The van der Waals surface area contributed by atoms with Gasteiger partial charge in [-0.3, -0.25) is 4.72 Å². The highest BCUT2D eigenvalue weighted by molar-refractivity contribution is 7.92. The van der Waals surface area contributed by atoms with Crippen LogP contribution in [0.2, 0.25) is 0 Å². The number of hydrogen-bond acceptors (Lipinski definition) is 3. The maximum Gasteiger partial charge on any atom is 0.263 e. The summed E-state index contributed by atoms with van der Waals surface area (Å²) in [5.41, 5.74) is 1.05. The van der Waals surface area contributed by atoms with Crippen LogP contribution in [-0.2, 0) is 23.7 Å². The first-order valence-corrected chi connectivity index (χ1v) is 6.85. The minimum Gasteiger partial charge on any atom is -0.390 e. The Labute approximate surface area is 106 Å². The molecule has 0 aliphatic heterocycles. The monoisotopic (exact) mass is 266 g/mol. The quantitative estimate of drug-likeness (QED) is 0.876. The Hall–Kier alpha value is -1.79. The van der Waals surface area contributed by atoms with E-state index in [0.717, 1.165) is 0 Å². The van der Waals surface area contributed by atoms with Crippen molar-refractivity contribution < 1.29 is 13.5 Å². The Kier molecular flexibility index (Phi) is 3.40. The Morgan fingerprint density at radius 1 is 1.28 bits per heavy atom. The predicted octanol–water partition coefficient (Wildman–Crippen LogP) is 1.32. The van der Waals surface area contributed by atoms with Crippen LogP contribution in [0.5, 0.6) is 0 Å². The number of hydrogen-bond donors (Lipinski definition) is 2. The molecule has 1 heterocycles. The van der Waals surface area contributed by atoms with E-state index in [-0.39, 0.29) is 11.5 Å². The third-order valence-corrected chi connectivity index (χ3v) is 3.93. The molecule has 18 heavy (non-hydrogen) atoms.